The van der Waals surface area contributed by atoms with Gasteiger partial charge in [-0.15, -0.1) is 0 Å². The quantitative estimate of drug-likeness (QED) is 0.817. The summed E-state index contributed by atoms with van der Waals surface area (Å²) in [6.07, 6.45) is 12.0. The van der Waals surface area contributed by atoms with Gasteiger partial charge in [-0.1, -0.05) is 43.9 Å². The molecule has 0 radical (unpaired) electrons. The van der Waals surface area contributed by atoms with Crippen LogP contribution in [0.2, 0.25) is 0 Å². The second kappa shape index (κ2) is 5.91. The maximum atomic E-state index is 4.47. The first kappa shape index (κ1) is 12.3. The molecule has 1 heterocycles. The van der Waals surface area contributed by atoms with Gasteiger partial charge in [0.1, 0.15) is 0 Å². The number of anilines is 2. The van der Waals surface area contributed by atoms with Crippen LogP contribution in [0.5, 0.6) is 0 Å². The van der Waals surface area contributed by atoms with Crippen LogP contribution in [0.3, 0.4) is 0 Å². The normalized spacial score (nSPS) is 17.1. The molecule has 2 aromatic rings. The van der Waals surface area contributed by atoms with Crippen molar-refractivity contribution in [3.8, 4) is 0 Å². The highest BCUT2D eigenvalue weighted by molar-refractivity contribution is 5.53. The third kappa shape index (κ3) is 2.98. The Morgan fingerprint density at radius 1 is 1.00 bits per heavy atom. The van der Waals surface area contributed by atoms with Crippen LogP contribution in [0.4, 0.5) is 11.6 Å². The van der Waals surface area contributed by atoms with Gasteiger partial charge in [-0.2, -0.15) is 0 Å². The van der Waals surface area contributed by atoms with Gasteiger partial charge < -0.3 is 9.88 Å². The maximum Gasteiger partial charge on any atom is 0.207 e. The lowest BCUT2D eigenvalue weighted by Crippen LogP contribution is -2.10. The topological polar surface area (TPSA) is 29.9 Å². The first-order valence-corrected chi connectivity index (χ1v) is 7.28. The van der Waals surface area contributed by atoms with Crippen molar-refractivity contribution in [2.45, 2.75) is 44.6 Å². The molecular weight excluding hydrogens is 234 g/mol. The summed E-state index contributed by atoms with van der Waals surface area (Å²) in [6.45, 7) is 0. The highest BCUT2D eigenvalue weighted by Gasteiger charge is 2.16. The molecule has 1 N–H and O–H groups in total. The first-order valence-electron chi connectivity index (χ1n) is 7.28. The summed E-state index contributed by atoms with van der Waals surface area (Å²) in [6, 6.07) is 10.9. The predicted octanol–water partition coefficient (Wildman–Crippen LogP) is 4.52. The number of hydrogen-bond acceptors (Lipinski definition) is 2. The fourth-order valence-electron chi connectivity index (χ4n) is 2.89. The Morgan fingerprint density at radius 2 is 1.74 bits per heavy atom. The van der Waals surface area contributed by atoms with E-state index in [-0.39, 0.29) is 0 Å². The largest absolute Gasteiger partial charge is 0.326 e. The Labute approximate surface area is 114 Å². The number of hydrogen-bond donors (Lipinski definition) is 1. The van der Waals surface area contributed by atoms with E-state index in [9.17, 15) is 0 Å². The lowest BCUT2D eigenvalue weighted by molar-refractivity contribution is 0.448. The van der Waals surface area contributed by atoms with E-state index >= 15 is 0 Å². The summed E-state index contributed by atoms with van der Waals surface area (Å²) < 4.78 is 2.32. The number of rotatable bonds is 3. The molecule has 3 rings (SSSR count). The minimum atomic E-state index is 0.608. The number of nitrogens with zero attached hydrogens (tertiary/aromatic N) is 2. The Kier molecular flexibility index (Phi) is 3.82. The zero-order chi connectivity index (χ0) is 12.9. The first-order chi connectivity index (χ1) is 9.43. The standard InChI is InChI=1S/C16H21N3/c1-2-7-11-15(10-6-1)19-13-12-17-16(19)18-14-8-4-3-5-9-14/h3-5,8-9,12-13,15H,1-2,6-7,10-11H2,(H,17,18). The summed E-state index contributed by atoms with van der Waals surface area (Å²) in [5.41, 5.74) is 1.10. The number of benzene rings is 1. The van der Waals surface area contributed by atoms with E-state index in [4.69, 9.17) is 0 Å². The monoisotopic (exact) mass is 255 g/mol. The average Bonchev–Trinajstić information content (AvgIpc) is 2.74. The molecule has 19 heavy (non-hydrogen) atoms. The summed E-state index contributed by atoms with van der Waals surface area (Å²) in [5, 5.41) is 3.42. The molecule has 0 atom stereocenters. The van der Waals surface area contributed by atoms with Crippen molar-refractivity contribution < 1.29 is 0 Å². The van der Waals surface area contributed by atoms with Crippen LogP contribution in [0.25, 0.3) is 0 Å². The minimum absolute atomic E-state index is 0.608. The Balaban J connectivity index is 1.78. The van der Waals surface area contributed by atoms with Crippen LogP contribution in [-0.4, -0.2) is 9.55 Å². The third-order valence-electron chi connectivity index (χ3n) is 3.92. The van der Waals surface area contributed by atoms with Gasteiger partial charge in [-0.25, -0.2) is 4.98 Å². The van der Waals surface area contributed by atoms with E-state index < -0.39 is 0 Å². The molecule has 1 aromatic carbocycles. The molecule has 3 nitrogen and oxygen atoms in total. The second-order valence-electron chi connectivity index (χ2n) is 5.29. The van der Waals surface area contributed by atoms with Crippen molar-refractivity contribution in [3.63, 3.8) is 0 Å². The third-order valence-corrected chi connectivity index (χ3v) is 3.92. The average molecular weight is 255 g/mol. The zero-order valence-electron chi connectivity index (χ0n) is 11.3. The van der Waals surface area contributed by atoms with Gasteiger partial charge in [0.15, 0.2) is 0 Å². The Morgan fingerprint density at radius 3 is 2.47 bits per heavy atom. The van der Waals surface area contributed by atoms with E-state index in [1.165, 1.54) is 38.5 Å². The van der Waals surface area contributed by atoms with Crippen molar-refractivity contribution in [2.24, 2.45) is 0 Å². The molecule has 0 bridgehead atoms. The SMILES string of the molecule is c1ccc(Nc2nccn2C2CCCCCC2)cc1. The second-order valence-corrected chi connectivity index (χ2v) is 5.29. The number of aromatic nitrogens is 2. The van der Waals surface area contributed by atoms with E-state index in [1.54, 1.807) is 0 Å². The molecule has 0 aliphatic heterocycles. The highest BCUT2D eigenvalue weighted by atomic mass is 15.2. The number of para-hydroxylation sites is 1. The number of imidazole rings is 1. The molecule has 1 aromatic heterocycles. The smallest absolute Gasteiger partial charge is 0.207 e. The van der Waals surface area contributed by atoms with Crippen LogP contribution in [-0.2, 0) is 0 Å². The van der Waals surface area contributed by atoms with Gasteiger partial charge in [-0.3, -0.25) is 0 Å². The molecule has 1 saturated carbocycles. The summed E-state index contributed by atoms with van der Waals surface area (Å²) >= 11 is 0. The summed E-state index contributed by atoms with van der Waals surface area (Å²) in [7, 11) is 0. The Bertz CT molecular complexity index is 496. The molecule has 0 amide bonds. The fraction of sp³-hybridized carbons (Fsp3) is 0.438. The van der Waals surface area contributed by atoms with Crippen molar-refractivity contribution >= 4 is 11.6 Å². The van der Waals surface area contributed by atoms with Gasteiger partial charge in [0.2, 0.25) is 5.95 Å². The van der Waals surface area contributed by atoms with E-state index in [2.05, 4.69) is 33.2 Å². The Hall–Kier alpha value is -1.77. The van der Waals surface area contributed by atoms with Crippen molar-refractivity contribution in [2.75, 3.05) is 5.32 Å². The molecule has 0 unspecified atom stereocenters. The van der Waals surface area contributed by atoms with Crippen molar-refractivity contribution in [1.82, 2.24) is 9.55 Å². The van der Waals surface area contributed by atoms with E-state index in [1.807, 2.05) is 24.4 Å². The maximum absolute atomic E-state index is 4.47. The summed E-state index contributed by atoms with van der Waals surface area (Å²) in [4.78, 5) is 4.47. The lowest BCUT2D eigenvalue weighted by atomic mass is 10.1. The van der Waals surface area contributed by atoms with E-state index in [0.717, 1.165) is 11.6 Å². The minimum Gasteiger partial charge on any atom is -0.326 e. The van der Waals surface area contributed by atoms with Crippen LogP contribution in [0.1, 0.15) is 44.6 Å². The summed E-state index contributed by atoms with van der Waals surface area (Å²) in [5.74, 6) is 0.970. The van der Waals surface area contributed by atoms with Crippen LogP contribution >= 0.6 is 0 Å². The van der Waals surface area contributed by atoms with E-state index in [0.29, 0.717) is 6.04 Å². The van der Waals surface area contributed by atoms with Crippen LogP contribution < -0.4 is 5.32 Å². The molecule has 1 aliphatic rings. The van der Waals surface area contributed by atoms with Gasteiger partial charge in [0.05, 0.1) is 0 Å². The molecular formula is C16H21N3. The highest BCUT2D eigenvalue weighted by Crippen LogP contribution is 2.30. The van der Waals surface area contributed by atoms with Gasteiger partial charge in [0, 0.05) is 24.1 Å². The molecule has 0 spiro atoms. The van der Waals surface area contributed by atoms with Crippen molar-refractivity contribution in [1.29, 1.82) is 0 Å². The van der Waals surface area contributed by atoms with Crippen LogP contribution in [0.15, 0.2) is 42.7 Å². The fourth-order valence-corrected chi connectivity index (χ4v) is 2.89. The zero-order valence-corrected chi connectivity index (χ0v) is 11.3. The molecule has 0 saturated heterocycles. The number of nitrogens with one attached hydrogen (secondary N) is 1. The molecule has 100 valence electrons. The predicted molar refractivity (Wildman–Crippen MR) is 78.7 cm³/mol. The van der Waals surface area contributed by atoms with Gasteiger partial charge in [-0.05, 0) is 25.0 Å². The van der Waals surface area contributed by atoms with Crippen LogP contribution in [0, 0.1) is 0 Å². The van der Waals surface area contributed by atoms with Crippen molar-refractivity contribution in [3.05, 3.63) is 42.7 Å². The van der Waals surface area contributed by atoms with Gasteiger partial charge in [0.25, 0.3) is 0 Å². The molecule has 1 aliphatic carbocycles. The molecule has 3 heteroatoms. The molecule has 1 fully saturated rings. The van der Waals surface area contributed by atoms with Gasteiger partial charge >= 0.3 is 0 Å². The lowest BCUT2D eigenvalue weighted by Gasteiger charge is -2.19.